The Kier molecular flexibility index (Phi) is 6.15. The first-order valence-electron chi connectivity index (χ1n) is 9.05. The zero-order chi connectivity index (χ0) is 21.8. The molecule has 2 aromatic carbocycles. The summed E-state index contributed by atoms with van der Waals surface area (Å²) in [5.74, 6) is 1.36. The molecule has 0 N–H and O–H groups in total. The van der Waals surface area contributed by atoms with Crippen LogP contribution in [0.25, 0.3) is 6.08 Å². The monoisotopic (exact) mass is 414 g/mol. The van der Waals surface area contributed by atoms with Gasteiger partial charge in [-0.15, -0.1) is 0 Å². The zero-order valence-electron chi connectivity index (χ0n) is 17.3. The van der Waals surface area contributed by atoms with Gasteiger partial charge in [-0.1, -0.05) is 0 Å². The Morgan fingerprint density at radius 1 is 1.00 bits per heavy atom. The lowest BCUT2D eigenvalue weighted by Crippen LogP contribution is -2.24. The largest absolute Gasteiger partial charge is 0.493 e. The van der Waals surface area contributed by atoms with Crippen LogP contribution < -0.4 is 23.7 Å². The van der Waals surface area contributed by atoms with Crippen molar-refractivity contribution in [3.8, 4) is 28.7 Å². The first kappa shape index (κ1) is 21.0. The second-order valence-corrected chi connectivity index (χ2v) is 6.30. The van der Waals surface area contributed by atoms with Gasteiger partial charge in [0.2, 0.25) is 11.5 Å². The van der Waals surface area contributed by atoms with Crippen LogP contribution in [0.2, 0.25) is 0 Å². The lowest BCUT2D eigenvalue weighted by atomic mass is 10.1. The summed E-state index contributed by atoms with van der Waals surface area (Å²) in [6.45, 7) is 1.57. The number of carbonyl (C=O) groups is 2. The predicted molar refractivity (Wildman–Crippen MR) is 108 cm³/mol. The number of benzene rings is 2. The summed E-state index contributed by atoms with van der Waals surface area (Å²) in [6, 6.07) is 8.18. The number of Topliss-reactive ketones (excluding diaryl/α,β-unsaturated/α-hetero) is 1. The Bertz CT molecular complexity index is 1010. The molecule has 8 heteroatoms. The van der Waals surface area contributed by atoms with Crippen LogP contribution in [-0.2, 0) is 9.53 Å². The van der Waals surface area contributed by atoms with Gasteiger partial charge in [0.15, 0.2) is 23.4 Å². The number of hydrogen-bond donors (Lipinski definition) is 0. The molecule has 8 nitrogen and oxygen atoms in total. The molecule has 3 rings (SSSR count). The molecule has 0 radical (unpaired) electrons. The topological polar surface area (TPSA) is 89.5 Å². The maximum absolute atomic E-state index is 12.8. The highest BCUT2D eigenvalue weighted by molar-refractivity contribution is 6.14. The number of carbonyl (C=O) groups excluding carboxylic acids is 2. The molecule has 1 aliphatic rings. The molecule has 1 atom stereocenters. The third kappa shape index (κ3) is 3.89. The van der Waals surface area contributed by atoms with Crippen molar-refractivity contribution in [3.63, 3.8) is 0 Å². The van der Waals surface area contributed by atoms with Gasteiger partial charge >= 0.3 is 5.97 Å². The molecule has 0 aromatic heterocycles. The summed E-state index contributed by atoms with van der Waals surface area (Å²) in [4.78, 5) is 24.3. The maximum atomic E-state index is 12.8. The van der Waals surface area contributed by atoms with Crippen molar-refractivity contribution in [2.45, 2.75) is 13.0 Å². The van der Waals surface area contributed by atoms with Gasteiger partial charge in [-0.2, -0.15) is 0 Å². The van der Waals surface area contributed by atoms with E-state index in [9.17, 15) is 9.59 Å². The van der Waals surface area contributed by atoms with Crippen LogP contribution in [0.1, 0.15) is 22.8 Å². The van der Waals surface area contributed by atoms with Crippen molar-refractivity contribution in [2.75, 3.05) is 28.4 Å². The minimum absolute atomic E-state index is 0.119. The molecule has 1 unspecified atom stereocenters. The standard InChI is InChI=1S/C22H22O8/c1-12(22(24)28-5)29-14-7-8-15-17(11-14)30-18(19(15)23)10-13-6-9-16(25-2)21(27-4)20(13)26-3/h6-12H,1-5H3/b18-10-. The second-order valence-electron chi connectivity index (χ2n) is 6.30. The highest BCUT2D eigenvalue weighted by atomic mass is 16.6. The van der Waals surface area contributed by atoms with E-state index in [1.54, 1.807) is 43.3 Å². The van der Waals surface area contributed by atoms with Gasteiger partial charge in [-0.25, -0.2) is 4.79 Å². The number of rotatable bonds is 7. The van der Waals surface area contributed by atoms with E-state index >= 15 is 0 Å². The van der Waals surface area contributed by atoms with E-state index in [1.807, 2.05) is 0 Å². The van der Waals surface area contributed by atoms with Gasteiger partial charge in [-0.05, 0) is 37.3 Å². The van der Waals surface area contributed by atoms with Crippen LogP contribution in [0, 0.1) is 0 Å². The smallest absolute Gasteiger partial charge is 0.346 e. The summed E-state index contributed by atoms with van der Waals surface area (Å²) in [6.07, 6.45) is 0.775. The minimum Gasteiger partial charge on any atom is -0.493 e. The van der Waals surface area contributed by atoms with E-state index < -0.39 is 12.1 Å². The number of esters is 1. The average molecular weight is 414 g/mol. The maximum Gasteiger partial charge on any atom is 0.346 e. The van der Waals surface area contributed by atoms with Gasteiger partial charge in [0.25, 0.3) is 0 Å². The van der Waals surface area contributed by atoms with E-state index in [4.69, 9.17) is 23.7 Å². The van der Waals surface area contributed by atoms with E-state index in [0.29, 0.717) is 39.9 Å². The fraction of sp³-hybridized carbons (Fsp3) is 0.273. The highest BCUT2D eigenvalue weighted by Crippen LogP contribution is 2.42. The molecule has 0 fully saturated rings. The molecule has 0 aliphatic carbocycles. The number of ether oxygens (including phenoxy) is 6. The summed E-state index contributed by atoms with van der Waals surface area (Å²) in [5, 5.41) is 0. The molecular weight excluding hydrogens is 392 g/mol. The Balaban J connectivity index is 1.91. The van der Waals surface area contributed by atoms with Crippen LogP contribution in [0.3, 0.4) is 0 Å². The average Bonchev–Trinajstić information content (AvgIpc) is 3.06. The first-order valence-corrected chi connectivity index (χ1v) is 9.05. The molecule has 1 aliphatic heterocycles. The Morgan fingerprint density at radius 2 is 1.73 bits per heavy atom. The number of fused-ring (bicyclic) bond motifs is 1. The molecule has 2 aromatic rings. The normalized spacial score (nSPS) is 14.6. The van der Waals surface area contributed by atoms with Crippen LogP contribution in [-0.4, -0.2) is 46.3 Å². The molecule has 0 spiro atoms. The van der Waals surface area contributed by atoms with E-state index in [2.05, 4.69) is 4.74 Å². The lowest BCUT2D eigenvalue weighted by molar-refractivity contribution is -0.147. The number of hydrogen-bond acceptors (Lipinski definition) is 8. The first-order chi connectivity index (χ1) is 14.4. The number of ketones is 1. The van der Waals surface area contributed by atoms with Crippen molar-refractivity contribution < 1.29 is 38.0 Å². The van der Waals surface area contributed by atoms with Gasteiger partial charge in [0.05, 0.1) is 34.0 Å². The number of allylic oxidation sites excluding steroid dienone is 1. The molecule has 1 heterocycles. The van der Waals surface area contributed by atoms with Gasteiger partial charge in [0, 0.05) is 11.6 Å². The summed E-state index contributed by atoms with van der Waals surface area (Å²) in [7, 11) is 5.81. The Morgan fingerprint density at radius 3 is 2.37 bits per heavy atom. The lowest BCUT2D eigenvalue weighted by Gasteiger charge is -2.14. The molecule has 0 amide bonds. The zero-order valence-corrected chi connectivity index (χ0v) is 17.3. The summed E-state index contributed by atoms with van der Waals surface area (Å²) in [5.41, 5.74) is 0.973. The number of methoxy groups -OCH3 is 4. The van der Waals surface area contributed by atoms with E-state index in [0.717, 1.165) is 0 Å². The van der Waals surface area contributed by atoms with Crippen molar-refractivity contribution in [2.24, 2.45) is 0 Å². The quantitative estimate of drug-likeness (QED) is 0.504. The third-order valence-corrected chi connectivity index (χ3v) is 4.51. The van der Waals surface area contributed by atoms with Crippen molar-refractivity contribution in [1.82, 2.24) is 0 Å². The molecule has 0 saturated heterocycles. The second kappa shape index (κ2) is 8.77. The van der Waals surface area contributed by atoms with E-state index in [-0.39, 0.29) is 11.5 Å². The van der Waals surface area contributed by atoms with Crippen LogP contribution in [0.5, 0.6) is 28.7 Å². The Hall–Kier alpha value is -3.68. The van der Waals surface area contributed by atoms with Crippen LogP contribution >= 0.6 is 0 Å². The Labute approximate surface area is 173 Å². The molecule has 0 bridgehead atoms. The van der Waals surface area contributed by atoms with Gasteiger partial charge < -0.3 is 28.4 Å². The van der Waals surface area contributed by atoms with Gasteiger partial charge in [0.1, 0.15) is 11.5 Å². The highest BCUT2D eigenvalue weighted by Gasteiger charge is 2.29. The van der Waals surface area contributed by atoms with E-state index in [1.165, 1.54) is 28.4 Å². The SMILES string of the molecule is COC(=O)C(C)Oc1ccc2c(c1)O/C(=C\c1ccc(OC)c(OC)c1OC)C2=O. The molecule has 30 heavy (non-hydrogen) atoms. The predicted octanol–water partition coefficient (Wildman–Crippen LogP) is 3.27. The summed E-state index contributed by atoms with van der Waals surface area (Å²) >= 11 is 0. The molecule has 158 valence electrons. The fourth-order valence-corrected chi connectivity index (χ4v) is 3.04. The van der Waals surface area contributed by atoms with Crippen molar-refractivity contribution in [3.05, 3.63) is 47.2 Å². The third-order valence-electron chi connectivity index (χ3n) is 4.51. The fourth-order valence-electron chi connectivity index (χ4n) is 3.04. The van der Waals surface area contributed by atoms with Crippen molar-refractivity contribution >= 4 is 17.8 Å². The van der Waals surface area contributed by atoms with Gasteiger partial charge in [-0.3, -0.25) is 4.79 Å². The molecular formula is C22H22O8. The molecule has 0 saturated carbocycles. The summed E-state index contributed by atoms with van der Waals surface area (Å²) < 4.78 is 32.0. The van der Waals surface area contributed by atoms with Crippen LogP contribution in [0.4, 0.5) is 0 Å². The van der Waals surface area contributed by atoms with Crippen LogP contribution in [0.15, 0.2) is 36.1 Å². The van der Waals surface area contributed by atoms with Crippen molar-refractivity contribution in [1.29, 1.82) is 0 Å². The minimum atomic E-state index is -0.795.